The number of halogens is 3. The van der Waals surface area contributed by atoms with Crippen molar-refractivity contribution in [2.24, 2.45) is 0 Å². The molecule has 0 amide bonds. The lowest BCUT2D eigenvalue weighted by Crippen LogP contribution is -2.09. The molecule has 0 saturated heterocycles. The normalized spacial score (nSPS) is 11.4. The molecule has 2 rings (SSSR count). The average Bonchev–Trinajstić information content (AvgIpc) is 2.29. The van der Waals surface area contributed by atoms with E-state index in [9.17, 15) is 13.2 Å². The fourth-order valence-electron chi connectivity index (χ4n) is 0.979. The van der Waals surface area contributed by atoms with E-state index in [1.54, 1.807) is 0 Å². The van der Waals surface area contributed by atoms with Gasteiger partial charge in [0.25, 0.3) is 0 Å². The summed E-state index contributed by atoms with van der Waals surface area (Å²) in [7, 11) is 0. The van der Waals surface area contributed by atoms with Crippen LogP contribution in [0.15, 0.2) is 24.9 Å². The molecule has 0 aromatic carbocycles. The summed E-state index contributed by atoms with van der Waals surface area (Å²) in [6, 6.07) is 0.782. The largest absolute Gasteiger partial charge is 0.433 e. The molecule has 82 valence electrons. The smallest absolute Gasteiger partial charge is 0.234 e. The fraction of sp³-hybridized carbons (Fsp3) is 0.125. The molecule has 0 N–H and O–H groups in total. The van der Waals surface area contributed by atoms with Crippen LogP contribution < -0.4 is 0 Å². The zero-order valence-electron chi connectivity index (χ0n) is 7.68. The number of rotatable bonds is 1. The van der Waals surface area contributed by atoms with E-state index in [4.69, 9.17) is 0 Å². The van der Waals surface area contributed by atoms with Crippen LogP contribution in [0.1, 0.15) is 5.69 Å². The second-order valence-electron chi connectivity index (χ2n) is 2.73. The molecule has 2 aromatic heterocycles. The Labute approximate surface area is 87.4 Å². The molecule has 0 bridgehead atoms. The van der Waals surface area contributed by atoms with Crippen LogP contribution >= 0.6 is 0 Å². The Morgan fingerprint density at radius 3 is 2.25 bits per heavy atom. The maximum atomic E-state index is 12.3. The topological polar surface area (TPSA) is 64.5 Å². The van der Waals surface area contributed by atoms with Crippen molar-refractivity contribution in [2.45, 2.75) is 6.18 Å². The molecule has 0 aliphatic rings. The zero-order valence-corrected chi connectivity index (χ0v) is 7.68. The molecule has 0 unspecified atom stereocenters. The molecule has 0 saturated carbocycles. The monoisotopic (exact) mass is 227 g/mol. The van der Waals surface area contributed by atoms with Crippen molar-refractivity contribution in [3.63, 3.8) is 0 Å². The summed E-state index contributed by atoms with van der Waals surface area (Å²) in [4.78, 5) is 17.8. The van der Waals surface area contributed by atoms with E-state index in [1.807, 2.05) is 0 Å². The van der Waals surface area contributed by atoms with Gasteiger partial charge in [-0.3, -0.25) is 0 Å². The quantitative estimate of drug-likeness (QED) is 0.735. The Balaban J connectivity index is 2.45. The fourth-order valence-corrected chi connectivity index (χ4v) is 0.979. The molecule has 5 nitrogen and oxygen atoms in total. The van der Waals surface area contributed by atoms with Crippen molar-refractivity contribution in [2.75, 3.05) is 0 Å². The van der Waals surface area contributed by atoms with E-state index < -0.39 is 11.9 Å². The van der Waals surface area contributed by atoms with E-state index in [-0.39, 0.29) is 11.6 Å². The molecule has 8 heteroatoms. The summed E-state index contributed by atoms with van der Waals surface area (Å²) < 4.78 is 37.0. The number of aromatic nitrogens is 5. The molecule has 0 atom stereocenters. The third-order valence-electron chi connectivity index (χ3n) is 1.64. The van der Waals surface area contributed by atoms with Gasteiger partial charge in [0.1, 0.15) is 18.3 Å². The highest BCUT2D eigenvalue weighted by molar-refractivity contribution is 5.41. The Morgan fingerprint density at radius 2 is 1.62 bits per heavy atom. The Kier molecular flexibility index (Phi) is 2.47. The summed E-state index contributed by atoms with van der Waals surface area (Å²) in [5, 5.41) is 0. The van der Waals surface area contributed by atoms with Gasteiger partial charge in [0.05, 0.1) is 0 Å². The van der Waals surface area contributed by atoms with Gasteiger partial charge in [-0.05, 0) is 6.07 Å². The maximum absolute atomic E-state index is 12.3. The third kappa shape index (κ3) is 2.10. The van der Waals surface area contributed by atoms with Gasteiger partial charge in [0.2, 0.25) is 5.82 Å². The van der Waals surface area contributed by atoms with Crippen LogP contribution in [0.5, 0.6) is 0 Å². The lowest BCUT2D eigenvalue weighted by atomic mass is 10.4. The van der Waals surface area contributed by atoms with Crippen molar-refractivity contribution in [3.05, 3.63) is 30.6 Å². The first-order chi connectivity index (χ1) is 7.57. The van der Waals surface area contributed by atoms with Crippen molar-refractivity contribution in [1.29, 1.82) is 0 Å². The van der Waals surface area contributed by atoms with Gasteiger partial charge < -0.3 is 0 Å². The van der Waals surface area contributed by atoms with E-state index in [1.165, 1.54) is 0 Å². The van der Waals surface area contributed by atoms with Gasteiger partial charge in [0.15, 0.2) is 5.82 Å². The van der Waals surface area contributed by atoms with Gasteiger partial charge in [0, 0.05) is 6.20 Å². The molecular weight excluding hydrogens is 223 g/mol. The van der Waals surface area contributed by atoms with Crippen LogP contribution in [-0.4, -0.2) is 24.9 Å². The Morgan fingerprint density at radius 1 is 0.938 bits per heavy atom. The van der Waals surface area contributed by atoms with Gasteiger partial charge in [-0.25, -0.2) is 24.9 Å². The van der Waals surface area contributed by atoms with E-state index >= 15 is 0 Å². The average molecular weight is 227 g/mol. The van der Waals surface area contributed by atoms with Crippen LogP contribution in [0.25, 0.3) is 11.6 Å². The minimum Gasteiger partial charge on any atom is -0.234 e. The highest BCUT2D eigenvalue weighted by atomic mass is 19.4. The predicted molar refractivity (Wildman–Crippen MR) is 45.9 cm³/mol. The molecule has 2 heterocycles. The van der Waals surface area contributed by atoms with E-state index in [0.29, 0.717) is 0 Å². The second-order valence-corrected chi connectivity index (χ2v) is 2.73. The summed E-state index contributed by atoms with van der Waals surface area (Å²) in [6.07, 6.45) is -1.18. The first kappa shape index (κ1) is 10.4. The van der Waals surface area contributed by atoms with E-state index in [0.717, 1.165) is 24.9 Å². The minimum absolute atomic E-state index is 0.00102. The summed E-state index contributed by atoms with van der Waals surface area (Å²) in [6.45, 7) is 0. The third-order valence-corrected chi connectivity index (χ3v) is 1.64. The number of alkyl halides is 3. The number of nitrogens with zero attached hydrogens (tertiary/aromatic N) is 5. The summed E-state index contributed by atoms with van der Waals surface area (Å²) in [5.74, 6) is -0.182. The molecular formula is C8H4F3N5. The second kappa shape index (κ2) is 3.80. The summed E-state index contributed by atoms with van der Waals surface area (Å²) >= 11 is 0. The highest BCUT2D eigenvalue weighted by Crippen LogP contribution is 2.27. The Hall–Kier alpha value is -2.12. The van der Waals surface area contributed by atoms with Crippen molar-refractivity contribution >= 4 is 0 Å². The van der Waals surface area contributed by atoms with Gasteiger partial charge in [-0.1, -0.05) is 0 Å². The first-order valence-corrected chi connectivity index (χ1v) is 4.10. The standard InChI is InChI=1S/C8H4F3N5/c9-8(10,11)5-1-2-13-7(16-5)6-14-3-12-4-15-6/h1-4H. The Bertz CT molecular complexity index is 485. The molecule has 0 spiro atoms. The summed E-state index contributed by atoms with van der Waals surface area (Å²) in [5.41, 5.74) is -1.03. The predicted octanol–water partition coefficient (Wildman–Crippen LogP) is 1.35. The van der Waals surface area contributed by atoms with Gasteiger partial charge >= 0.3 is 6.18 Å². The highest BCUT2D eigenvalue weighted by Gasteiger charge is 2.33. The molecule has 16 heavy (non-hydrogen) atoms. The molecule has 0 fully saturated rings. The van der Waals surface area contributed by atoms with Crippen LogP contribution in [0.2, 0.25) is 0 Å². The van der Waals surface area contributed by atoms with Crippen LogP contribution in [0, 0.1) is 0 Å². The lowest BCUT2D eigenvalue weighted by molar-refractivity contribution is -0.141. The van der Waals surface area contributed by atoms with Crippen molar-refractivity contribution in [3.8, 4) is 11.6 Å². The SMILES string of the molecule is FC(F)(F)c1ccnc(-c2ncncn2)n1. The first-order valence-electron chi connectivity index (χ1n) is 4.10. The van der Waals surface area contributed by atoms with Crippen molar-refractivity contribution in [1.82, 2.24) is 24.9 Å². The lowest BCUT2D eigenvalue weighted by Gasteiger charge is -2.05. The molecule has 0 radical (unpaired) electrons. The van der Waals surface area contributed by atoms with Gasteiger partial charge in [-0.15, -0.1) is 0 Å². The number of hydrogen-bond acceptors (Lipinski definition) is 5. The van der Waals surface area contributed by atoms with Crippen LogP contribution in [0.4, 0.5) is 13.2 Å². The molecule has 2 aromatic rings. The van der Waals surface area contributed by atoms with Crippen molar-refractivity contribution < 1.29 is 13.2 Å². The van der Waals surface area contributed by atoms with Gasteiger partial charge in [-0.2, -0.15) is 13.2 Å². The zero-order chi connectivity index (χ0) is 11.6. The van der Waals surface area contributed by atoms with Crippen LogP contribution in [0.3, 0.4) is 0 Å². The minimum atomic E-state index is -4.51. The number of hydrogen-bond donors (Lipinski definition) is 0. The maximum Gasteiger partial charge on any atom is 0.433 e. The molecule has 0 aliphatic heterocycles. The van der Waals surface area contributed by atoms with Crippen LogP contribution in [-0.2, 0) is 6.18 Å². The van der Waals surface area contributed by atoms with E-state index in [2.05, 4.69) is 24.9 Å². The molecule has 0 aliphatic carbocycles.